The van der Waals surface area contributed by atoms with E-state index < -0.39 is 5.82 Å². The number of halogens is 1. The number of phenols is 1. The normalized spacial score (nSPS) is 22.5. The van der Waals surface area contributed by atoms with E-state index in [4.69, 9.17) is 0 Å². The maximum absolute atomic E-state index is 12.9. The van der Waals surface area contributed by atoms with Gasteiger partial charge in [0.05, 0.1) is 5.56 Å². The van der Waals surface area contributed by atoms with Crippen molar-refractivity contribution in [3.8, 4) is 5.75 Å². The van der Waals surface area contributed by atoms with E-state index in [1.165, 1.54) is 37.8 Å². The molecule has 2 atom stereocenters. The number of carbonyl (C=O) groups excluding carboxylic acids is 1. The highest BCUT2D eigenvalue weighted by atomic mass is 19.1. The van der Waals surface area contributed by atoms with E-state index in [-0.39, 0.29) is 17.2 Å². The van der Waals surface area contributed by atoms with Crippen molar-refractivity contribution in [2.45, 2.75) is 39.0 Å². The lowest BCUT2D eigenvalue weighted by atomic mass is 9.81. The Morgan fingerprint density at radius 2 is 2.25 bits per heavy atom. The third-order valence-corrected chi connectivity index (χ3v) is 4.09. The Bertz CT molecular complexity index is 476. The number of benzene rings is 1. The quantitative estimate of drug-likeness (QED) is 0.886. The molecule has 1 saturated carbocycles. The molecule has 2 N–H and O–H groups in total. The summed E-state index contributed by atoms with van der Waals surface area (Å²) in [5.41, 5.74) is 0.128. The lowest BCUT2D eigenvalue weighted by Gasteiger charge is -2.26. The average molecular weight is 279 g/mol. The zero-order chi connectivity index (χ0) is 14.5. The largest absolute Gasteiger partial charge is 0.507 e. The van der Waals surface area contributed by atoms with Crippen LogP contribution in [-0.2, 0) is 0 Å². The van der Waals surface area contributed by atoms with Gasteiger partial charge in [0.1, 0.15) is 11.6 Å². The maximum Gasteiger partial charge on any atom is 0.255 e. The smallest absolute Gasteiger partial charge is 0.255 e. The molecule has 1 aliphatic carbocycles. The van der Waals surface area contributed by atoms with Gasteiger partial charge in [0.25, 0.3) is 5.91 Å². The third-order valence-electron chi connectivity index (χ3n) is 4.09. The van der Waals surface area contributed by atoms with Crippen LogP contribution in [0.5, 0.6) is 5.75 Å². The summed E-state index contributed by atoms with van der Waals surface area (Å²) in [5.74, 6) is 0.266. The second kappa shape index (κ2) is 6.73. The van der Waals surface area contributed by atoms with Crippen molar-refractivity contribution in [2.75, 3.05) is 6.54 Å². The summed E-state index contributed by atoms with van der Waals surface area (Å²) < 4.78 is 12.9. The molecule has 0 radical (unpaired) electrons. The van der Waals surface area contributed by atoms with Crippen LogP contribution in [0.15, 0.2) is 18.2 Å². The first-order valence-electron chi connectivity index (χ1n) is 7.33. The van der Waals surface area contributed by atoms with Crippen molar-refractivity contribution >= 4 is 5.91 Å². The number of aromatic hydroxyl groups is 1. The number of hydrogen-bond acceptors (Lipinski definition) is 2. The van der Waals surface area contributed by atoms with Crippen LogP contribution in [0.2, 0.25) is 0 Å². The average Bonchev–Trinajstić information content (AvgIpc) is 2.38. The Balaban J connectivity index is 1.80. The number of phenolic OH excluding ortho intramolecular Hbond substituents is 1. The summed E-state index contributed by atoms with van der Waals surface area (Å²) in [7, 11) is 0. The van der Waals surface area contributed by atoms with Gasteiger partial charge in [-0.1, -0.05) is 26.2 Å². The summed E-state index contributed by atoms with van der Waals surface area (Å²) in [4.78, 5) is 11.9. The molecular formula is C16H22FNO2. The van der Waals surface area contributed by atoms with Gasteiger partial charge in [-0.3, -0.25) is 4.79 Å². The Labute approximate surface area is 119 Å². The van der Waals surface area contributed by atoms with Gasteiger partial charge in [0.15, 0.2) is 0 Å². The van der Waals surface area contributed by atoms with Crippen molar-refractivity contribution in [1.29, 1.82) is 0 Å². The van der Waals surface area contributed by atoms with E-state index in [2.05, 4.69) is 12.2 Å². The zero-order valence-electron chi connectivity index (χ0n) is 11.9. The second-order valence-corrected chi connectivity index (χ2v) is 5.84. The second-order valence-electron chi connectivity index (χ2n) is 5.84. The molecule has 1 aromatic rings. The van der Waals surface area contributed by atoms with Gasteiger partial charge in [0, 0.05) is 12.6 Å². The van der Waals surface area contributed by atoms with Gasteiger partial charge in [0.2, 0.25) is 0 Å². The van der Waals surface area contributed by atoms with Crippen LogP contribution in [0.1, 0.15) is 49.4 Å². The molecule has 0 bridgehead atoms. The molecule has 0 spiro atoms. The number of carbonyl (C=O) groups is 1. The van der Waals surface area contributed by atoms with E-state index in [0.717, 1.165) is 18.4 Å². The molecule has 1 aliphatic rings. The predicted molar refractivity (Wildman–Crippen MR) is 76.1 cm³/mol. The van der Waals surface area contributed by atoms with Gasteiger partial charge in [-0.05, 0) is 36.8 Å². The van der Waals surface area contributed by atoms with Crippen LogP contribution < -0.4 is 5.32 Å². The van der Waals surface area contributed by atoms with E-state index in [1.54, 1.807) is 0 Å². The van der Waals surface area contributed by atoms with Crippen LogP contribution in [0.4, 0.5) is 4.39 Å². The Hall–Kier alpha value is -1.58. The molecule has 1 fully saturated rings. The number of nitrogens with one attached hydrogen (secondary N) is 1. The third kappa shape index (κ3) is 3.95. The Kier molecular flexibility index (Phi) is 4.99. The van der Waals surface area contributed by atoms with Crippen molar-refractivity contribution < 1.29 is 14.3 Å². The minimum atomic E-state index is -0.546. The topological polar surface area (TPSA) is 49.3 Å². The first kappa shape index (κ1) is 14.8. The molecule has 2 unspecified atom stereocenters. The Morgan fingerprint density at radius 3 is 2.95 bits per heavy atom. The van der Waals surface area contributed by atoms with E-state index in [1.807, 2.05) is 0 Å². The van der Waals surface area contributed by atoms with Crippen LogP contribution in [0.25, 0.3) is 0 Å². The monoisotopic (exact) mass is 279 g/mol. The molecule has 2 rings (SSSR count). The highest BCUT2D eigenvalue weighted by molar-refractivity contribution is 5.96. The summed E-state index contributed by atoms with van der Waals surface area (Å²) in [6.07, 6.45) is 6.03. The van der Waals surface area contributed by atoms with E-state index in [0.29, 0.717) is 12.5 Å². The van der Waals surface area contributed by atoms with Gasteiger partial charge in [-0.15, -0.1) is 0 Å². The zero-order valence-corrected chi connectivity index (χ0v) is 11.9. The minimum Gasteiger partial charge on any atom is -0.507 e. The number of hydrogen-bond donors (Lipinski definition) is 2. The highest BCUT2D eigenvalue weighted by Crippen LogP contribution is 2.30. The molecule has 110 valence electrons. The fraction of sp³-hybridized carbons (Fsp3) is 0.562. The molecular weight excluding hydrogens is 257 g/mol. The van der Waals surface area contributed by atoms with Gasteiger partial charge < -0.3 is 10.4 Å². The molecule has 1 aromatic carbocycles. The van der Waals surface area contributed by atoms with Crippen molar-refractivity contribution in [3.63, 3.8) is 0 Å². The van der Waals surface area contributed by atoms with Crippen LogP contribution in [0, 0.1) is 17.7 Å². The van der Waals surface area contributed by atoms with Gasteiger partial charge in [-0.25, -0.2) is 4.39 Å². The molecule has 20 heavy (non-hydrogen) atoms. The fourth-order valence-corrected chi connectivity index (χ4v) is 3.00. The summed E-state index contributed by atoms with van der Waals surface area (Å²) in [6, 6.07) is 3.44. The summed E-state index contributed by atoms with van der Waals surface area (Å²) >= 11 is 0. The molecule has 0 aromatic heterocycles. The molecule has 3 nitrogen and oxygen atoms in total. The number of amides is 1. The van der Waals surface area contributed by atoms with Crippen LogP contribution in [0.3, 0.4) is 0 Å². The summed E-state index contributed by atoms with van der Waals surface area (Å²) in [6.45, 7) is 2.88. The Morgan fingerprint density at radius 1 is 1.45 bits per heavy atom. The van der Waals surface area contributed by atoms with E-state index in [9.17, 15) is 14.3 Å². The first-order valence-corrected chi connectivity index (χ1v) is 7.33. The maximum atomic E-state index is 12.9. The minimum absolute atomic E-state index is 0.128. The molecule has 0 heterocycles. The summed E-state index contributed by atoms with van der Waals surface area (Å²) in [5, 5.41) is 12.3. The highest BCUT2D eigenvalue weighted by Gasteiger charge is 2.19. The molecule has 0 saturated heterocycles. The molecule has 4 heteroatoms. The molecule has 1 amide bonds. The van der Waals surface area contributed by atoms with Crippen molar-refractivity contribution in [3.05, 3.63) is 29.6 Å². The first-order chi connectivity index (χ1) is 9.56. The van der Waals surface area contributed by atoms with E-state index >= 15 is 0 Å². The molecule has 0 aliphatic heterocycles. The van der Waals surface area contributed by atoms with Crippen LogP contribution in [-0.4, -0.2) is 17.6 Å². The lowest BCUT2D eigenvalue weighted by molar-refractivity contribution is 0.0947. The fourth-order valence-electron chi connectivity index (χ4n) is 3.00. The van der Waals surface area contributed by atoms with Gasteiger partial charge in [-0.2, -0.15) is 0 Å². The SMILES string of the molecule is CC1CCCC(CCNC(=O)c2ccc(F)cc2O)C1. The van der Waals surface area contributed by atoms with Crippen molar-refractivity contribution in [1.82, 2.24) is 5.32 Å². The van der Waals surface area contributed by atoms with Gasteiger partial charge >= 0.3 is 0 Å². The lowest BCUT2D eigenvalue weighted by Crippen LogP contribution is -2.27. The number of rotatable bonds is 4. The standard InChI is InChI=1S/C16H22FNO2/c1-11-3-2-4-12(9-11)7-8-18-16(20)14-6-5-13(17)10-15(14)19/h5-6,10-12,19H,2-4,7-9H2,1H3,(H,18,20). The van der Waals surface area contributed by atoms with Crippen LogP contribution >= 0.6 is 0 Å². The predicted octanol–water partition coefficient (Wildman–Crippen LogP) is 3.48. The van der Waals surface area contributed by atoms with Crippen molar-refractivity contribution in [2.24, 2.45) is 11.8 Å².